The molecule has 33 heavy (non-hydrogen) atoms. The number of anilines is 1. The van der Waals surface area contributed by atoms with Gasteiger partial charge in [-0.3, -0.25) is 9.59 Å². The molecular weight excluding hydrogens is 455 g/mol. The molecule has 0 aliphatic carbocycles. The van der Waals surface area contributed by atoms with Gasteiger partial charge in [0.2, 0.25) is 11.8 Å². The molecule has 0 saturated heterocycles. The number of hydrogen-bond donors (Lipinski definition) is 1. The first-order valence-corrected chi connectivity index (χ1v) is 10.9. The molecule has 10 heteroatoms. The standard InChI is InChI=1S/C23H22F3N3O3S/c1-3-29(13-20(30)27-17-5-4-6-19(11-17)32-2)21(31)12-18-14-33-22(28-18)15-7-9-16(10-8-15)23(24,25)26/h4-11,14H,3,12-13H2,1-2H3,(H,27,30). The number of ether oxygens (including phenoxy) is 1. The van der Waals surface area contributed by atoms with Crippen LogP contribution in [-0.4, -0.2) is 41.9 Å². The summed E-state index contributed by atoms with van der Waals surface area (Å²) in [5.41, 5.74) is 0.857. The number of amides is 2. The number of methoxy groups -OCH3 is 1. The molecule has 0 aliphatic heterocycles. The summed E-state index contributed by atoms with van der Waals surface area (Å²) in [6.07, 6.45) is -4.42. The van der Waals surface area contributed by atoms with Crippen molar-refractivity contribution in [3.63, 3.8) is 0 Å². The third-order valence-electron chi connectivity index (χ3n) is 4.77. The molecule has 1 N–H and O–H groups in total. The summed E-state index contributed by atoms with van der Waals surface area (Å²) in [6, 6.07) is 11.6. The number of benzene rings is 2. The van der Waals surface area contributed by atoms with Crippen LogP contribution in [0.5, 0.6) is 5.75 Å². The molecule has 3 aromatic rings. The van der Waals surface area contributed by atoms with E-state index >= 15 is 0 Å². The van der Waals surface area contributed by atoms with Crippen molar-refractivity contribution in [3.05, 3.63) is 65.2 Å². The zero-order chi connectivity index (χ0) is 24.0. The molecule has 1 aromatic heterocycles. The fraction of sp³-hybridized carbons (Fsp3) is 0.261. The number of hydrogen-bond acceptors (Lipinski definition) is 5. The van der Waals surface area contributed by atoms with E-state index in [4.69, 9.17) is 4.74 Å². The number of likely N-dealkylation sites (N-methyl/N-ethyl adjacent to an activating group) is 1. The van der Waals surface area contributed by atoms with Crippen LogP contribution in [0.1, 0.15) is 18.2 Å². The highest BCUT2D eigenvalue weighted by molar-refractivity contribution is 7.13. The molecule has 3 rings (SSSR count). The minimum Gasteiger partial charge on any atom is -0.497 e. The number of halogens is 3. The summed E-state index contributed by atoms with van der Waals surface area (Å²) in [7, 11) is 1.53. The Morgan fingerprint density at radius 2 is 1.88 bits per heavy atom. The summed E-state index contributed by atoms with van der Waals surface area (Å²) in [4.78, 5) is 30.9. The van der Waals surface area contributed by atoms with Gasteiger partial charge in [-0.15, -0.1) is 11.3 Å². The van der Waals surface area contributed by atoms with E-state index in [1.807, 2.05) is 0 Å². The van der Waals surface area contributed by atoms with Crippen LogP contribution in [-0.2, 0) is 22.2 Å². The van der Waals surface area contributed by atoms with Crippen LogP contribution in [0.25, 0.3) is 10.6 Å². The average molecular weight is 478 g/mol. The van der Waals surface area contributed by atoms with Gasteiger partial charge in [-0.1, -0.05) is 18.2 Å². The van der Waals surface area contributed by atoms with E-state index in [0.29, 0.717) is 34.2 Å². The molecule has 2 aromatic carbocycles. The second-order valence-corrected chi connectivity index (χ2v) is 7.94. The normalized spacial score (nSPS) is 11.2. The van der Waals surface area contributed by atoms with Crippen LogP contribution in [0.2, 0.25) is 0 Å². The second kappa shape index (κ2) is 10.5. The third kappa shape index (κ3) is 6.55. The Kier molecular flexibility index (Phi) is 7.70. The highest BCUT2D eigenvalue weighted by atomic mass is 32.1. The molecule has 1 heterocycles. The maximum atomic E-state index is 12.7. The third-order valence-corrected chi connectivity index (χ3v) is 5.71. The lowest BCUT2D eigenvalue weighted by Crippen LogP contribution is -2.38. The molecule has 0 saturated carbocycles. The Morgan fingerprint density at radius 1 is 1.15 bits per heavy atom. The van der Waals surface area contributed by atoms with E-state index in [-0.39, 0.29) is 24.8 Å². The van der Waals surface area contributed by atoms with Crippen molar-refractivity contribution >= 4 is 28.8 Å². The van der Waals surface area contributed by atoms with Crippen LogP contribution in [0.15, 0.2) is 53.9 Å². The van der Waals surface area contributed by atoms with E-state index in [2.05, 4.69) is 10.3 Å². The average Bonchev–Trinajstić information content (AvgIpc) is 3.25. The van der Waals surface area contributed by atoms with Crippen molar-refractivity contribution < 1.29 is 27.5 Å². The van der Waals surface area contributed by atoms with Crippen LogP contribution in [0.4, 0.5) is 18.9 Å². The Bertz CT molecular complexity index is 1110. The van der Waals surface area contributed by atoms with Gasteiger partial charge >= 0.3 is 6.18 Å². The van der Waals surface area contributed by atoms with Crippen molar-refractivity contribution in [1.82, 2.24) is 9.88 Å². The molecule has 6 nitrogen and oxygen atoms in total. The molecule has 0 fully saturated rings. The maximum Gasteiger partial charge on any atom is 0.416 e. The van der Waals surface area contributed by atoms with Crippen molar-refractivity contribution in [2.45, 2.75) is 19.5 Å². The lowest BCUT2D eigenvalue weighted by Gasteiger charge is -2.20. The van der Waals surface area contributed by atoms with Crippen molar-refractivity contribution in [1.29, 1.82) is 0 Å². The van der Waals surface area contributed by atoms with Gasteiger partial charge in [-0.05, 0) is 31.2 Å². The maximum absolute atomic E-state index is 12.7. The zero-order valence-electron chi connectivity index (χ0n) is 18.0. The van der Waals surface area contributed by atoms with Crippen LogP contribution in [0, 0.1) is 0 Å². The van der Waals surface area contributed by atoms with Crippen LogP contribution < -0.4 is 10.1 Å². The highest BCUT2D eigenvalue weighted by Crippen LogP contribution is 2.31. The molecule has 0 spiro atoms. The van der Waals surface area contributed by atoms with Crippen molar-refractivity contribution in [2.75, 3.05) is 25.5 Å². The smallest absolute Gasteiger partial charge is 0.416 e. The quantitative estimate of drug-likeness (QED) is 0.503. The van der Waals surface area contributed by atoms with Crippen LogP contribution in [0.3, 0.4) is 0 Å². The van der Waals surface area contributed by atoms with Crippen molar-refractivity contribution in [2.24, 2.45) is 0 Å². The molecule has 0 unspecified atom stereocenters. The minimum absolute atomic E-state index is 0.0165. The number of nitrogens with one attached hydrogen (secondary N) is 1. The van der Waals surface area contributed by atoms with Crippen molar-refractivity contribution in [3.8, 4) is 16.3 Å². The number of aromatic nitrogens is 1. The molecule has 0 radical (unpaired) electrons. The molecule has 0 atom stereocenters. The number of thiazole rings is 1. The first-order valence-electron chi connectivity index (χ1n) is 10.0. The summed E-state index contributed by atoms with van der Waals surface area (Å²) in [5.74, 6) is -0.0201. The summed E-state index contributed by atoms with van der Waals surface area (Å²) in [5, 5.41) is 4.94. The molecule has 2 amide bonds. The summed E-state index contributed by atoms with van der Waals surface area (Å²) < 4.78 is 43.3. The fourth-order valence-electron chi connectivity index (χ4n) is 3.04. The van der Waals surface area contributed by atoms with Gasteiger partial charge in [-0.25, -0.2) is 4.98 Å². The van der Waals surface area contributed by atoms with Gasteiger partial charge < -0.3 is 15.0 Å². The van der Waals surface area contributed by atoms with E-state index in [1.54, 1.807) is 36.6 Å². The van der Waals surface area contributed by atoms with E-state index in [9.17, 15) is 22.8 Å². The van der Waals surface area contributed by atoms with Gasteiger partial charge in [0.1, 0.15) is 10.8 Å². The number of alkyl halides is 3. The molecule has 0 bridgehead atoms. The van der Waals surface area contributed by atoms with Gasteiger partial charge in [-0.2, -0.15) is 13.2 Å². The Balaban J connectivity index is 1.60. The minimum atomic E-state index is -4.40. The van der Waals surface area contributed by atoms with E-state index in [0.717, 1.165) is 12.1 Å². The molecular formula is C23H22F3N3O3S. The lowest BCUT2D eigenvalue weighted by molar-refractivity contribution is -0.137. The summed E-state index contributed by atoms with van der Waals surface area (Å²) >= 11 is 1.24. The van der Waals surface area contributed by atoms with E-state index in [1.165, 1.54) is 35.5 Å². The number of carbonyl (C=O) groups excluding carboxylic acids is 2. The van der Waals surface area contributed by atoms with E-state index < -0.39 is 11.7 Å². The first-order chi connectivity index (χ1) is 15.7. The fourth-order valence-corrected chi connectivity index (χ4v) is 3.87. The number of carbonyl (C=O) groups is 2. The SMILES string of the molecule is CCN(CC(=O)Nc1cccc(OC)c1)C(=O)Cc1csc(-c2ccc(C(F)(F)F)cc2)n1. The Labute approximate surface area is 193 Å². The van der Waals surface area contributed by atoms with Gasteiger partial charge in [0.05, 0.1) is 31.3 Å². The Hall–Kier alpha value is -3.40. The lowest BCUT2D eigenvalue weighted by atomic mass is 10.1. The zero-order valence-corrected chi connectivity index (χ0v) is 18.8. The molecule has 174 valence electrons. The number of nitrogens with zero attached hydrogens (tertiary/aromatic N) is 2. The summed E-state index contributed by atoms with van der Waals surface area (Å²) in [6.45, 7) is 1.98. The Morgan fingerprint density at radius 3 is 2.52 bits per heavy atom. The second-order valence-electron chi connectivity index (χ2n) is 7.08. The largest absolute Gasteiger partial charge is 0.497 e. The monoisotopic (exact) mass is 477 g/mol. The van der Waals surface area contributed by atoms with Gasteiger partial charge in [0.25, 0.3) is 0 Å². The highest BCUT2D eigenvalue weighted by Gasteiger charge is 2.30. The first kappa shape index (κ1) is 24.2. The number of rotatable bonds is 8. The van der Waals surface area contributed by atoms with Gasteiger partial charge in [0, 0.05) is 29.2 Å². The topological polar surface area (TPSA) is 71.5 Å². The molecule has 0 aliphatic rings. The van der Waals surface area contributed by atoms with Crippen LogP contribution >= 0.6 is 11.3 Å². The van der Waals surface area contributed by atoms with Gasteiger partial charge in [0.15, 0.2) is 0 Å². The predicted octanol–water partition coefficient (Wildman–Crippen LogP) is 4.87. The predicted molar refractivity (Wildman–Crippen MR) is 120 cm³/mol.